The van der Waals surface area contributed by atoms with Gasteiger partial charge in [0.05, 0.1) is 6.61 Å². The number of nitrogens with zero attached hydrogens (tertiary/aromatic N) is 2. The molecule has 4 nitrogen and oxygen atoms in total. The highest BCUT2D eigenvalue weighted by Gasteiger charge is 2.18. The average molecular weight is 194 g/mol. The highest BCUT2D eigenvalue weighted by molar-refractivity contribution is 6.21. The number of piperidine rings is 1. The van der Waals surface area contributed by atoms with E-state index in [2.05, 4.69) is 5.87 Å². The molecule has 1 saturated heterocycles. The van der Waals surface area contributed by atoms with Gasteiger partial charge in [-0.3, -0.25) is 0 Å². The molecule has 0 bridgehead atoms. The van der Waals surface area contributed by atoms with Crippen molar-refractivity contribution in [1.29, 1.82) is 0 Å². The summed E-state index contributed by atoms with van der Waals surface area (Å²) in [5, 5.41) is 8.80. The zero-order chi connectivity index (χ0) is 10.4. The molecule has 14 heavy (non-hydrogen) atoms. The van der Waals surface area contributed by atoms with Crippen molar-refractivity contribution in [3.05, 3.63) is 11.1 Å². The average Bonchev–Trinajstić information content (AvgIpc) is 2.19. The van der Waals surface area contributed by atoms with Gasteiger partial charge in [-0.15, -0.1) is 0 Å². The minimum atomic E-state index is -0.373. The Morgan fingerprint density at radius 1 is 1.71 bits per heavy atom. The minimum absolute atomic E-state index is 0.366. The SMILES string of the molecule is CCOC(=O)C=[N+]1CCCCC1=C=[N-]. The van der Waals surface area contributed by atoms with E-state index in [0.29, 0.717) is 12.3 Å². The van der Waals surface area contributed by atoms with Gasteiger partial charge in [0.25, 0.3) is 6.21 Å². The van der Waals surface area contributed by atoms with Gasteiger partial charge in [0.2, 0.25) is 5.70 Å². The van der Waals surface area contributed by atoms with Crippen LogP contribution in [0.1, 0.15) is 26.2 Å². The highest BCUT2D eigenvalue weighted by Crippen LogP contribution is 2.12. The first-order valence-electron chi connectivity index (χ1n) is 4.82. The van der Waals surface area contributed by atoms with Crippen LogP contribution in [0.25, 0.3) is 5.41 Å². The number of rotatable bonds is 2. The Labute approximate surface area is 83.4 Å². The number of carbonyl (C=O) groups excluding carboxylic acids is 1. The molecule has 0 radical (unpaired) electrons. The largest absolute Gasteiger partial charge is 0.758 e. The first-order chi connectivity index (χ1) is 6.77. The molecule has 0 atom stereocenters. The standard InChI is InChI=1S/C10H14N2O2/c1-2-14-10(13)8-12-6-4-3-5-9(12)7-11/h8H,2-6H2,1H3. The number of ether oxygens (including phenoxy) is 1. The lowest BCUT2D eigenvalue weighted by Crippen LogP contribution is -2.23. The summed E-state index contributed by atoms with van der Waals surface area (Å²) in [6.45, 7) is 2.86. The van der Waals surface area contributed by atoms with E-state index in [1.807, 2.05) is 0 Å². The van der Waals surface area contributed by atoms with E-state index in [-0.39, 0.29) is 5.97 Å². The van der Waals surface area contributed by atoms with Gasteiger partial charge in [-0.05, 0) is 13.3 Å². The quantitative estimate of drug-likeness (QED) is 0.373. The second-order valence-electron chi connectivity index (χ2n) is 3.09. The normalized spacial score (nSPS) is 19.2. The lowest BCUT2D eigenvalue weighted by molar-refractivity contribution is -0.480. The molecule has 0 aromatic carbocycles. The maximum absolute atomic E-state index is 11.1. The Kier molecular flexibility index (Phi) is 4.08. The van der Waals surface area contributed by atoms with Crippen LogP contribution in [0.2, 0.25) is 0 Å². The lowest BCUT2D eigenvalue weighted by Gasteiger charge is -2.11. The molecule has 0 aromatic rings. The molecule has 0 aliphatic carbocycles. The Morgan fingerprint density at radius 3 is 3.14 bits per heavy atom. The van der Waals surface area contributed by atoms with Crippen LogP contribution in [0.4, 0.5) is 0 Å². The molecule has 4 heteroatoms. The van der Waals surface area contributed by atoms with Gasteiger partial charge in [0.1, 0.15) is 6.54 Å². The summed E-state index contributed by atoms with van der Waals surface area (Å²) >= 11 is 0. The maximum atomic E-state index is 11.1. The molecular formula is C10H14N2O2. The summed E-state index contributed by atoms with van der Waals surface area (Å²) in [5.74, 6) is 1.73. The first-order valence-corrected chi connectivity index (χ1v) is 4.82. The summed E-state index contributed by atoms with van der Waals surface area (Å²) in [4.78, 5) is 11.1. The fraction of sp³-hybridized carbons (Fsp3) is 0.600. The summed E-state index contributed by atoms with van der Waals surface area (Å²) in [6, 6.07) is 0. The first kappa shape index (κ1) is 10.7. The van der Waals surface area contributed by atoms with Crippen molar-refractivity contribution in [1.82, 2.24) is 0 Å². The molecular weight excluding hydrogens is 180 g/mol. The van der Waals surface area contributed by atoms with Crippen LogP contribution in [0.15, 0.2) is 5.70 Å². The van der Waals surface area contributed by atoms with E-state index in [9.17, 15) is 4.79 Å². The Bertz CT molecular complexity index is 301. The monoisotopic (exact) mass is 194 g/mol. The number of allylic oxidation sites excluding steroid dienone is 1. The molecule has 1 aliphatic heterocycles. The van der Waals surface area contributed by atoms with E-state index >= 15 is 0 Å². The number of hydrogen-bond acceptors (Lipinski definition) is 2. The van der Waals surface area contributed by atoms with E-state index in [0.717, 1.165) is 25.8 Å². The Balaban J connectivity index is 2.73. The molecule has 76 valence electrons. The summed E-state index contributed by atoms with van der Waals surface area (Å²) in [5.41, 5.74) is 0.657. The topological polar surface area (TPSA) is 51.6 Å². The molecule has 0 saturated carbocycles. The van der Waals surface area contributed by atoms with Crippen LogP contribution >= 0.6 is 0 Å². The van der Waals surface area contributed by atoms with Crippen LogP contribution in [0.3, 0.4) is 0 Å². The molecule has 0 amide bonds. The molecule has 1 rings (SSSR count). The van der Waals surface area contributed by atoms with Gasteiger partial charge in [-0.2, -0.15) is 10.4 Å². The van der Waals surface area contributed by atoms with Crippen LogP contribution in [0, 0.1) is 0 Å². The molecule has 0 spiro atoms. The molecule has 1 fully saturated rings. The minimum Gasteiger partial charge on any atom is -0.758 e. The smallest absolute Gasteiger partial charge is 0.395 e. The number of carbonyl (C=O) groups is 1. The van der Waals surface area contributed by atoms with Crippen LogP contribution in [-0.4, -0.2) is 35.8 Å². The third-order valence-electron chi connectivity index (χ3n) is 2.09. The molecule has 1 heterocycles. The van der Waals surface area contributed by atoms with Crippen molar-refractivity contribution in [2.45, 2.75) is 26.2 Å². The zero-order valence-electron chi connectivity index (χ0n) is 8.32. The van der Waals surface area contributed by atoms with Gasteiger partial charge in [0, 0.05) is 12.8 Å². The maximum Gasteiger partial charge on any atom is 0.395 e. The van der Waals surface area contributed by atoms with Crippen molar-refractivity contribution < 1.29 is 14.1 Å². The lowest BCUT2D eigenvalue weighted by atomic mass is 10.1. The second kappa shape index (κ2) is 5.35. The van der Waals surface area contributed by atoms with Crippen LogP contribution in [0.5, 0.6) is 0 Å². The van der Waals surface area contributed by atoms with E-state index in [1.165, 1.54) is 6.21 Å². The number of hydrogen-bond donors (Lipinski definition) is 0. The molecule has 0 aromatic heterocycles. The van der Waals surface area contributed by atoms with E-state index < -0.39 is 0 Å². The second-order valence-corrected chi connectivity index (χ2v) is 3.09. The predicted octanol–water partition coefficient (Wildman–Crippen LogP) is 0.940. The van der Waals surface area contributed by atoms with Crippen molar-refractivity contribution in [2.24, 2.45) is 0 Å². The van der Waals surface area contributed by atoms with Crippen molar-refractivity contribution in [3.63, 3.8) is 0 Å². The van der Waals surface area contributed by atoms with Gasteiger partial charge in [0.15, 0.2) is 0 Å². The van der Waals surface area contributed by atoms with E-state index in [4.69, 9.17) is 10.1 Å². The highest BCUT2D eigenvalue weighted by atomic mass is 16.5. The number of esters is 1. The van der Waals surface area contributed by atoms with Gasteiger partial charge in [-0.1, -0.05) is 0 Å². The zero-order valence-corrected chi connectivity index (χ0v) is 8.32. The molecule has 1 aliphatic rings. The third kappa shape index (κ3) is 2.82. The van der Waals surface area contributed by atoms with Crippen LogP contribution < -0.4 is 0 Å². The molecule has 0 unspecified atom stereocenters. The van der Waals surface area contributed by atoms with Crippen molar-refractivity contribution in [3.8, 4) is 0 Å². The van der Waals surface area contributed by atoms with Gasteiger partial charge in [-0.25, -0.2) is 4.79 Å². The molecule has 0 N–H and O–H groups in total. The summed E-state index contributed by atoms with van der Waals surface area (Å²) in [6.07, 6.45) is 4.17. The van der Waals surface area contributed by atoms with Gasteiger partial charge >= 0.3 is 5.97 Å². The predicted molar refractivity (Wildman–Crippen MR) is 53.6 cm³/mol. The van der Waals surface area contributed by atoms with Crippen molar-refractivity contribution in [2.75, 3.05) is 13.2 Å². The summed E-state index contributed by atoms with van der Waals surface area (Å²) in [7, 11) is 0. The van der Waals surface area contributed by atoms with Gasteiger partial charge < -0.3 is 10.1 Å². The fourth-order valence-corrected chi connectivity index (χ4v) is 1.42. The van der Waals surface area contributed by atoms with E-state index in [1.54, 1.807) is 11.5 Å². The van der Waals surface area contributed by atoms with Crippen LogP contribution in [-0.2, 0) is 9.53 Å². The van der Waals surface area contributed by atoms with Crippen molar-refractivity contribution >= 4 is 18.1 Å². The Morgan fingerprint density at radius 2 is 2.50 bits per heavy atom. The fourth-order valence-electron chi connectivity index (χ4n) is 1.42. The third-order valence-corrected chi connectivity index (χ3v) is 2.09. The summed E-state index contributed by atoms with van der Waals surface area (Å²) < 4.78 is 6.47. The Hall–Kier alpha value is -1.41.